The van der Waals surface area contributed by atoms with Crippen molar-refractivity contribution in [2.45, 2.75) is 90.6 Å². The van der Waals surface area contributed by atoms with E-state index in [0.717, 1.165) is 83.3 Å². The van der Waals surface area contributed by atoms with Gasteiger partial charge in [-0.1, -0.05) is 43.0 Å². The van der Waals surface area contributed by atoms with E-state index >= 15 is 0 Å². The smallest absolute Gasteiger partial charge is 0.324 e. The van der Waals surface area contributed by atoms with E-state index in [0.29, 0.717) is 43.3 Å². The van der Waals surface area contributed by atoms with Gasteiger partial charge in [-0.25, -0.2) is 4.79 Å². The maximum atomic E-state index is 13.3. The van der Waals surface area contributed by atoms with Crippen LogP contribution in [0.25, 0.3) is 5.00 Å². The van der Waals surface area contributed by atoms with Gasteiger partial charge in [-0.05, 0) is 88.4 Å². The number of aliphatic imine (C=N–C) groups is 1. The van der Waals surface area contributed by atoms with Gasteiger partial charge in [0.1, 0.15) is 22.9 Å². The van der Waals surface area contributed by atoms with Crippen molar-refractivity contribution in [1.29, 1.82) is 0 Å². The molecule has 2 aromatic carbocycles. The number of aromatic nitrogens is 3. The maximum Gasteiger partial charge on any atom is 0.324 e. The van der Waals surface area contributed by atoms with Crippen molar-refractivity contribution in [1.82, 2.24) is 30.3 Å². The number of amides is 5. The van der Waals surface area contributed by atoms with E-state index < -0.39 is 18.1 Å². The first kappa shape index (κ1) is 39.2. The zero-order valence-electron chi connectivity index (χ0n) is 32.1. The van der Waals surface area contributed by atoms with Gasteiger partial charge in [-0.15, -0.1) is 21.5 Å². The number of benzene rings is 2. The van der Waals surface area contributed by atoms with E-state index in [9.17, 15) is 19.2 Å². The Hall–Kier alpha value is -5.08. The Kier molecular flexibility index (Phi) is 12.2. The summed E-state index contributed by atoms with van der Waals surface area (Å²) in [6.45, 7) is 8.52. The van der Waals surface area contributed by atoms with Crippen LogP contribution in [0.4, 0.5) is 16.2 Å². The molecule has 2 fully saturated rings. The van der Waals surface area contributed by atoms with Gasteiger partial charge in [0, 0.05) is 65.0 Å². The number of hydrogen-bond donors (Lipinski definition) is 3. The predicted molar refractivity (Wildman–Crippen MR) is 219 cm³/mol. The van der Waals surface area contributed by atoms with E-state index in [1.807, 2.05) is 55.5 Å². The fraction of sp³-hybridized carbons (Fsp3) is 0.439. The van der Waals surface area contributed by atoms with Crippen LogP contribution >= 0.6 is 22.9 Å². The van der Waals surface area contributed by atoms with Gasteiger partial charge in [0.05, 0.1) is 12.1 Å². The van der Waals surface area contributed by atoms with Crippen molar-refractivity contribution in [3.8, 4) is 5.00 Å². The number of nitrogens with one attached hydrogen (secondary N) is 3. The molecule has 5 amide bonds. The summed E-state index contributed by atoms with van der Waals surface area (Å²) >= 11 is 7.92. The third kappa shape index (κ3) is 8.51. The summed E-state index contributed by atoms with van der Waals surface area (Å²) in [5.74, 6) is 0.962. The molecule has 4 aromatic rings. The van der Waals surface area contributed by atoms with Crippen LogP contribution in [0.1, 0.15) is 97.0 Å². The fourth-order valence-electron chi connectivity index (χ4n) is 7.65. The Bertz CT molecular complexity index is 2130. The molecule has 0 aliphatic carbocycles. The molecule has 294 valence electrons. The first-order valence-electron chi connectivity index (χ1n) is 19.5. The molecule has 1 unspecified atom stereocenters. The molecular formula is C41H48ClN9O4S. The van der Waals surface area contributed by atoms with Crippen molar-refractivity contribution in [2.75, 3.05) is 36.4 Å². The van der Waals surface area contributed by atoms with Gasteiger partial charge in [0.15, 0.2) is 5.82 Å². The average molecular weight is 798 g/mol. The van der Waals surface area contributed by atoms with Crippen LogP contribution in [0, 0.1) is 20.8 Å². The van der Waals surface area contributed by atoms with Crippen molar-refractivity contribution >= 4 is 63.8 Å². The third-order valence-electron chi connectivity index (χ3n) is 10.8. The second-order valence-corrected chi connectivity index (χ2v) is 16.3. The van der Waals surface area contributed by atoms with Crippen LogP contribution in [0.15, 0.2) is 53.5 Å². The fourth-order valence-corrected chi connectivity index (χ4v) is 8.99. The molecule has 7 rings (SSSR count). The van der Waals surface area contributed by atoms with Gasteiger partial charge < -0.3 is 20.4 Å². The van der Waals surface area contributed by atoms with E-state index in [4.69, 9.17) is 16.6 Å². The topological polar surface area (TPSA) is 154 Å². The number of halogens is 1. The van der Waals surface area contributed by atoms with Crippen LogP contribution in [0.3, 0.4) is 0 Å². The van der Waals surface area contributed by atoms with Crippen LogP contribution in [-0.2, 0) is 14.4 Å². The number of unbranched alkanes of at least 4 members (excludes halogenated alkanes) is 4. The molecule has 0 radical (unpaired) electrons. The largest absolute Gasteiger partial charge is 0.385 e. The van der Waals surface area contributed by atoms with Gasteiger partial charge in [-0.2, -0.15) is 0 Å². The minimum atomic E-state index is -0.552. The first-order chi connectivity index (χ1) is 27.1. The molecule has 56 heavy (non-hydrogen) atoms. The van der Waals surface area contributed by atoms with Crippen LogP contribution in [0.5, 0.6) is 0 Å². The molecule has 13 nitrogen and oxygen atoms in total. The lowest BCUT2D eigenvalue weighted by Gasteiger charge is -2.26. The molecule has 15 heteroatoms. The van der Waals surface area contributed by atoms with Crippen molar-refractivity contribution < 1.29 is 19.2 Å². The molecule has 3 aliphatic rings. The molecule has 0 bridgehead atoms. The number of aryl methyl sites for hydroxylation is 2. The number of urea groups is 1. The molecule has 2 aromatic heterocycles. The summed E-state index contributed by atoms with van der Waals surface area (Å²) in [7, 11) is 0. The van der Waals surface area contributed by atoms with Crippen LogP contribution in [0.2, 0.25) is 5.02 Å². The lowest BCUT2D eigenvalue weighted by Crippen LogP contribution is -2.49. The van der Waals surface area contributed by atoms with E-state index in [1.165, 1.54) is 9.78 Å². The van der Waals surface area contributed by atoms with Gasteiger partial charge >= 0.3 is 6.03 Å². The van der Waals surface area contributed by atoms with E-state index in [1.54, 1.807) is 16.2 Å². The monoisotopic (exact) mass is 797 g/mol. The standard InChI is InChI=1S/C41H48ClN9O4S/c1-25-26(2)56-40-36(25)37(28-11-13-29(42)14-12-28)45-32(38-48-47-27(3)51(38)40)24-35(53)44-21-8-6-4-5-7-20-43-30-15-17-31(18-16-30)49-23-19-33(39(49)54)50-22-9-10-34(52)46-41(50)55/h11-18,32-33,43H,4-10,19-24H2,1-3H3,(H,44,53)(H,46,52,55)/t32-,33?/m0/s1. The average Bonchev–Trinajstić information content (AvgIpc) is 3.77. The maximum absolute atomic E-state index is 13.3. The molecule has 2 atom stereocenters. The third-order valence-corrected chi connectivity index (χ3v) is 12.2. The van der Waals surface area contributed by atoms with Crippen molar-refractivity contribution in [2.24, 2.45) is 4.99 Å². The van der Waals surface area contributed by atoms with Gasteiger partial charge in [0.25, 0.3) is 0 Å². The molecule has 3 N–H and O–H groups in total. The highest BCUT2D eigenvalue weighted by Gasteiger charge is 2.40. The Labute approximate surface area is 335 Å². The predicted octanol–water partition coefficient (Wildman–Crippen LogP) is 6.81. The molecule has 0 saturated carbocycles. The summed E-state index contributed by atoms with van der Waals surface area (Å²) in [6.07, 6.45) is 6.61. The Morgan fingerprint density at radius 1 is 0.929 bits per heavy atom. The number of imide groups is 1. The molecule has 2 saturated heterocycles. The Balaban J connectivity index is 0.835. The number of rotatable bonds is 14. The SMILES string of the molecule is Cc1sc2c(c1C)C(c1ccc(Cl)cc1)=N[C@@H](CC(=O)NCCCCCCCNc1ccc(N3CCC(N4CCCC(=O)NC4=O)C3=O)cc1)c1nnc(C)n1-2. The summed E-state index contributed by atoms with van der Waals surface area (Å²) in [5, 5.41) is 19.5. The second kappa shape index (κ2) is 17.4. The summed E-state index contributed by atoms with van der Waals surface area (Å²) in [6, 6.07) is 14.0. The minimum Gasteiger partial charge on any atom is -0.385 e. The van der Waals surface area contributed by atoms with Gasteiger partial charge in [0.2, 0.25) is 17.7 Å². The number of carbonyl (C=O) groups excluding carboxylic acids is 4. The summed E-state index contributed by atoms with van der Waals surface area (Å²) in [5.41, 5.74) is 5.76. The van der Waals surface area contributed by atoms with Crippen molar-refractivity contribution in [3.05, 3.63) is 86.8 Å². The van der Waals surface area contributed by atoms with Crippen LogP contribution < -0.4 is 20.9 Å². The zero-order chi connectivity index (χ0) is 39.3. The lowest BCUT2D eigenvalue weighted by molar-refractivity contribution is -0.122. The highest BCUT2D eigenvalue weighted by Crippen LogP contribution is 2.39. The van der Waals surface area contributed by atoms with Crippen molar-refractivity contribution in [3.63, 3.8) is 0 Å². The zero-order valence-corrected chi connectivity index (χ0v) is 33.6. The lowest BCUT2D eigenvalue weighted by atomic mass is 9.99. The number of fused-ring (bicyclic) bond motifs is 3. The van der Waals surface area contributed by atoms with E-state index in [2.05, 4.69) is 44.6 Å². The Morgan fingerprint density at radius 2 is 1.66 bits per heavy atom. The molecule has 3 aliphatic heterocycles. The highest BCUT2D eigenvalue weighted by molar-refractivity contribution is 7.15. The molecular weight excluding hydrogens is 750 g/mol. The number of hydrogen-bond acceptors (Lipinski definition) is 9. The minimum absolute atomic E-state index is 0.0637. The highest BCUT2D eigenvalue weighted by atomic mass is 35.5. The molecule has 5 heterocycles. The second-order valence-electron chi connectivity index (χ2n) is 14.6. The summed E-state index contributed by atoms with van der Waals surface area (Å²) < 4.78 is 2.06. The van der Waals surface area contributed by atoms with Crippen LogP contribution in [-0.4, -0.2) is 81.3 Å². The number of thiophene rings is 1. The Morgan fingerprint density at radius 3 is 2.43 bits per heavy atom. The number of nitrogens with zero attached hydrogens (tertiary/aromatic N) is 6. The first-order valence-corrected chi connectivity index (χ1v) is 20.7. The molecule has 0 spiro atoms. The number of carbonyl (C=O) groups is 4. The quantitative estimate of drug-likeness (QED) is 0.119. The van der Waals surface area contributed by atoms with Gasteiger partial charge in [-0.3, -0.25) is 29.3 Å². The number of anilines is 2. The summed E-state index contributed by atoms with van der Waals surface area (Å²) in [4.78, 5) is 60.3. The van der Waals surface area contributed by atoms with E-state index in [-0.39, 0.29) is 30.6 Å². The normalized spacial score (nSPS) is 18.2.